The van der Waals surface area contributed by atoms with Crippen LogP contribution in [0, 0.1) is 38.2 Å². The zero-order chi connectivity index (χ0) is 63.0. The van der Waals surface area contributed by atoms with Crippen LogP contribution in [0.5, 0.6) is 0 Å². The van der Waals surface area contributed by atoms with E-state index < -0.39 is 35.5 Å². The van der Waals surface area contributed by atoms with Crippen LogP contribution in [0.4, 0.5) is 79.5 Å². The van der Waals surface area contributed by atoms with E-state index in [0.29, 0.717) is 50.6 Å². The maximum atomic E-state index is 13.8. The first-order valence-electron chi connectivity index (χ1n) is 27.0. The number of nitrogens with two attached hydrogens (primary N) is 3. The van der Waals surface area contributed by atoms with Gasteiger partial charge in [0, 0.05) is 53.2 Å². The lowest BCUT2D eigenvalue weighted by Gasteiger charge is -2.10. The molecular weight excluding hydrogens is 1140 g/mol. The van der Waals surface area contributed by atoms with Crippen LogP contribution in [-0.2, 0) is 0 Å². The average molecular weight is 1190 g/mol. The summed E-state index contributed by atoms with van der Waals surface area (Å²) < 4.78 is 45.9. The molecule has 0 spiro atoms. The molecule has 3 aromatic carbocycles. The van der Waals surface area contributed by atoms with E-state index in [1.54, 1.807) is 107 Å². The molecule has 9 aromatic heterocycles. The number of nitrogens with one attached hydrogen (secondary N) is 6. The summed E-state index contributed by atoms with van der Waals surface area (Å²) in [7, 11) is 0. The number of aromatic nitrogens is 14. The number of halogens is 3. The van der Waals surface area contributed by atoms with Gasteiger partial charge in [0.15, 0.2) is 23.3 Å². The van der Waals surface area contributed by atoms with Crippen LogP contribution in [0.3, 0.4) is 0 Å². The van der Waals surface area contributed by atoms with Crippen molar-refractivity contribution in [3.63, 3.8) is 0 Å². The van der Waals surface area contributed by atoms with Gasteiger partial charge < -0.3 is 38.5 Å². The number of carbonyl (C=O) groups excluding carboxylic acids is 3. The van der Waals surface area contributed by atoms with E-state index in [-0.39, 0.29) is 40.5 Å². The molecule has 9 heterocycles. The minimum Gasteiger partial charge on any atom is -0.380 e. The molecule has 0 radical (unpaired) electrons. The van der Waals surface area contributed by atoms with E-state index in [9.17, 15) is 27.6 Å². The zero-order valence-corrected chi connectivity index (χ0v) is 48.3. The Morgan fingerprint density at radius 1 is 0.420 bits per heavy atom. The molecule has 0 atom stereocenters. The van der Waals surface area contributed by atoms with Crippen LogP contribution in [0.25, 0.3) is 50.2 Å². The van der Waals surface area contributed by atoms with E-state index in [1.807, 2.05) is 58.9 Å². The largest absolute Gasteiger partial charge is 0.380 e. The lowest BCUT2D eigenvalue weighted by Crippen LogP contribution is -2.21. The second kappa shape index (κ2) is 28.4. The number of carbonyl (C=O) groups is 3. The van der Waals surface area contributed by atoms with Crippen molar-refractivity contribution in [2.45, 2.75) is 48.5 Å². The molecule has 0 unspecified atom stereocenters. The Hall–Kier alpha value is -12.2. The molecule has 29 heteroatoms. The molecule has 12 rings (SSSR count). The lowest BCUT2D eigenvalue weighted by molar-refractivity contribution is 0.261. The number of urea groups is 3. The molecule has 88 heavy (non-hydrogen) atoms. The maximum absolute atomic E-state index is 13.8. The van der Waals surface area contributed by atoms with Crippen molar-refractivity contribution in [2.24, 2.45) is 0 Å². The second-order valence-corrected chi connectivity index (χ2v) is 18.3. The topological polar surface area (TPSA) is 356 Å². The van der Waals surface area contributed by atoms with Gasteiger partial charge in [-0.2, -0.15) is 0 Å². The summed E-state index contributed by atoms with van der Waals surface area (Å²) in [5, 5.41) is 46.4. The fourth-order valence-corrected chi connectivity index (χ4v) is 8.28. The minimum absolute atomic E-state index is 0.0702. The molecule has 0 saturated carbocycles. The maximum Gasteiger partial charge on any atom is 0.326 e. The Morgan fingerprint density at radius 2 is 0.830 bits per heavy atom. The average Bonchev–Trinajstić information content (AvgIpc) is 3.34. The van der Waals surface area contributed by atoms with Crippen LogP contribution in [0.15, 0.2) is 152 Å². The highest BCUT2D eigenvalue weighted by Crippen LogP contribution is 2.29. The molecular formula is C59H58F3N23O3. The predicted octanol–water partition coefficient (Wildman–Crippen LogP) is 11.2. The number of hydrogen-bond acceptors (Lipinski definition) is 17. The molecule has 12 aromatic rings. The van der Waals surface area contributed by atoms with Crippen LogP contribution in [-0.4, -0.2) is 87.7 Å². The smallest absolute Gasteiger partial charge is 0.326 e. The number of nitrogens with zero attached hydrogens (tertiary/aromatic N) is 14. The first-order chi connectivity index (χ1) is 42.5. The molecule has 0 aliphatic heterocycles. The molecule has 448 valence electrons. The van der Waals surface area contributed by atoms with Crippen LogP contribution < -0.4 is 49.1 Å². The molecule has 0 aliphatic rings. The van der Waals surface area contributed by atoms with Crippen LogP contribution in [0.2, 0.25) is 0 Å². The fourth-order valence-electron chi connectivity index (χ4n) is 8.28. The highest BCUT2D eigenvalue weighted by Gasteiger charge is 2.17. The van der Waals surface area contributed by atoms with Gasteiger partial charge in [0.25, 0.3) is 0 Å². The molecule has 6 amide bonds. The van der Waals surface area contributed by atoms with Crippen molar-refractivity contribution < 1.29 is 27.6 Å². The number of pyridine rings is 4. The first-order valence-corrected chi connectivity index (χ1v) is 27.0. The SMILES string of the molecule is CC.CC.Cc1ccc(F)c(NC(=O)Nc2ccc(-c3cccn4nnc(N)c34)nc2)c1.Cc1ccc(F)c(NC(=O)Nc2ccc(-c3cccn4nnc(N)c34)nn2)c1.Cc1ccc(F)c(NC(=O)Nc2ncc(-c3cccn4nnc(N)c34)cn2)c1. The highest BCUT2D eigenvalue weighted by molar-refractivity contribution is 6.01. The van der Waals surface area contributed by atoms with E-state index >= 15 is 0 Å². The first kappa shape index (κ1) is 61.9. The third kappa shape index (κ3) is 15.0. The summed E-state index contributed by atoms with van der Waals surface area (Å²) in [5.74, 6) is -0.411. The number of hydrogen-bond donors (Lipinski definition) is 9. The van der Waals surface area contributed by atoms with Gasteiger partial charge in [-0.1, -0.05) is 67.6 Å². The molecule has 0 aliphatic carbocycles. The Balaban J connectivity index is 0.000000166. The van der Waals surface area contributed by atoms with E-state index in [0.717, 1.165) is 27.8 Å². The van der Waals surface area contributed by atoms with Crippen molar-refractivity contribution in [2.75, 3.05) is 49.1 Å². The normalized spacial score (nSPS) is 10.4. The van der Waals surface area contributed by atoms with Crippen molar-refractivity contribution in [1.82, 2.24) is 69.6 Å². The summed E-state index contributed by atoms with van der Waals surface area (Å²) in [6.45, 7) is 13.4. The van der Waals surface area contributed by atoms with Crippen molar-refractivity contribution in [1.29, 1.82) is 0 Å². The number of fused-ring (bicyclic) bond motifs is 3. The lowest BCUT2D eigenvalue weighted by atomic mass is 10.1. The molecule has 0 bridgehead atoms. The van der Waals surface area contributed by atoms with Gasteiger partial charge >= 0.3 is 18.1 Å². The molecule has 0 fully saturated rings. The van der Waals surface area contributed by atoms with Crippen molar-refractivity contribution in [3.05, 3.63) is 187 Å². The van der Waals surface area contributed by atoms with Gasteiger partial charge in [-0.3, -0.25) is 15.6 Å². The Bertz CT molecular complexity index is 3960. The summed E-state index contributed by atoms with van der Waals surface area (Å²) >= 11 is 0. The Kier molecular flexibility index (Phi) is 20.0. The second-order valence-electron chi connectivity index (χ2n) is 18.3. The highest BCUT2D eigenvalue weighted by atomic mass is 19.1. The number of nitrogen functional groups attached to an aromatic ring is 3. The Labute approximate surface area is 499 Å². The van der Waals surface area contributed by atoms with Gasteiger partial charge in [-0.15, -0.1) is 25.5 Å². The van der Waals surface area contributed by atoms with Crippen LogP contribution in [0.1, 0.15) is 44.4 Å². The molecule has 26 nitrogen and oxygen atoms in total. The van der Waals surface area contributed by atoms with Gasteiger partial charge in [-0.05, 0) is 128 Å². The fraction of sp³-hybridized carbons (Fsp3) is 0.119. The Morgan fingerprint density at radius 3 is 1.26 bits per heavy atom. The monoisotopic (exact) mass is 1190 g/mol. The quantitative estimate of drug-likeness (QED) is 0.0648. The number of rotatable bonds is 9. The summed E-state index contributed by atoms with van der Waals surface area (Å²) in [6.07, 6.45) is 9.78. The van der Waals surface area contributed by atoms with Crippen LogP contribution >= 0.6 is 0 Å². The van der Waals surface area contributed by atoms with Gasteiger partial charge in [0.2, 0.25) is 5.95 Å². The van der Waals surface area contributed by atoms with Crippen molar-refractivity contribution >= 4 is 86.6 Å². The van der Waals surface area contributed by atoms with Gasteiger partial charge in [-0.25, -0.2) is 51.1 Å². The number of aryl methyl sites for hydroxylation is 3. The van der Waals surface area contributed by atoms with E-state index in [1.165, 1.54) is 48.9 Å². The zero-order valence-electron chi connectivity index (χ0n) is 48.3. The number of anilines is 9. The predicted molar refractivity (Wildman–Crippen MR) is 332 cm³/mol. The summed E-state index contributed by atoms with van der Waals surface area (Å²) in [6, 6.07) is 29.1. The number of amides is 6. The molecule has 0 saturated heterocycles. The summed E-state index contributed by atoms with van der Waals surface area (Å²) in [5.41, 5.74) is 26.8. The molecule has 12 N–H and O–H groups in total. The van der Waals surface area contributed by atoms with E-state index in [2.05, 4.69) is 88.0 Å². The number of benzene rings is 3. The standard InChI is InChI=1S/C19H16FN7O.2C18H15FN8O.2C2H6/c1-11-4-6-14(20)16(9-11)24-19(28)23-12-5-7-15(22-10-12)13-3-2-8-27-17(13)18(21)25-26-27;1-10-4-5-12(19)14(9-10)21-18(28)22-15-7-6-13(23-24-15)11-3-2-8-27-16(11)17(20)25-26-27;1-10-4-5-13(19)14(7-10)23-18(28)24-17-21-8-11(9-22-17)12-3-2-6-27-15(12)16(20)25-26-27;2*1-2/h2-10H,21H2,1H3,(H2,23,24,28);2-9H,20H2,1H3,(H2,21,22,24,28);2-9H,20H2,1H3,(H2,21,22,23,24,28);2*1-2H3. The third-order valence-corrected chi connectivity index (χ3v) is 12.2. The van der Waals surface area contributed by atoms with Gasteiger partial charge in [0.05, 0.1) is 40.3 Å². The van der Waals surface area contributed by atoms with E-state index in [4.69, 9.17) is 17.2 Å². The van der Waals surface area contributed by atoms with Gasteiger partial charge in [0.1, 0.15) is 34.0 Å². The third-order valence-electron chi connectivity index (χ3n) is 12.2. The minimum atomic E-state index is -0.649. The van der Waals surface area contributed by atoms with Crippen molar-refractivity contribution in [3.8, 4) is 33.6 Å². The summed E-state index contributed by atoms with van der Waals surface area (Å²) in [4.78, 5) is 48.9.